The zero-order valence-electron chi connectivity index (χ0n) is 9.62. The highest BCUT2D eigenvalue weighted by molar-refractivity contribution is 5.84. The van der Waals surface area contributed by atoms with Crippen LogP contribution in [-0.4, -0.2) is 55.4 Å². The molecule has 0 aromatic heterocycles. The summed E-state index contributed by atoms with van der Waals surface area (Å²) in [6, 6.07) is 0.139. The van der Waals surface area contributed by atoms with Crippen molar-refractivity contribution in [2.24, 2.45) is 0 Å². The average Bonchev–Trinajstić information content (AvgIpc) is 2.18. The summed E-state index contributed by atoms with van der Waals surface area (Å²) >= 11 is 0. The fraction of sp³-hybridized carbons (Fsp3) is 0.909. The van der Waals surface area contributed by atoms with Crippen LogP contribution >= 0.6 is 0 Å². The molecular formula is C11H22N2O. The second kappa shape index (κ2) is 5.47. The normalized spacial score (nSPS) is 25.2. The lowest BCUT2D eigenvalue weighted by Crippen LogP contribution is -2.53. The van der Waals surface area contributed by atoms with Gasteiger partial charge in [-0.3, -0.25) is 9.69 Å². The Hall–Kier alpha value is -0.410. The molecule has 1 aliphatic rings. The van der Waals surface area contributed by atoms with Gasteiger partial charge in [-0.15, -0.1) is 0 Å². The Labute approximate surface area is 87.1 Å². The second-order valence-electron chi connectivity index (χ2n) is 4.33. The lowest BCUT2D eigenvalue weighted by Gasteiger charge is -2.36. The third-order valence-corrected chi connectivity index (χ3v) is 3.00. The van der Waals surface area contributed by atoms with E-state index in [0.29, 0.717) is 5.78 Å². The van der Waals surface area contributed by atoms with E-state index in [9.17, 15) is 4.79 Å². The molecule has 1 heterocycles. The van der Waals surface area contributed by atoms with E-state index in [1.54, 1.807) is 0 Å². The van der Waals surface area contributed by atoms with Crippen molar-refractivity contribution < 1.29 is 4.79 Å². The molecule has 1 saturated heterocycles. The number of carbonyl (C=O) groups excluding carboxylic acids is 1. The van der Waals surface area contributed by atoms with E-state index < -0.39 is 0 Å². The summed E-state index contributed by atoms with van der Waals surface area (Å²) < 4.78 is 0. The first kappa shape index (κ1) is 11.7. The first-order valence-electron chi connectivity index (χ1n) is 5.56. The molecule has 3 heteroatoms. The van der Waals surface area contributed by atoms with Crippen LogP contribution in [0.3, 0.4) is 0 Å². The predicted octanol–water partition coefficient (Wildman–Crippen LogP) is 0.992. The summed E-state index contributed by atoms with van der Waals surface area (Å²) in [6.45, 7) is 5.12. The number of carbonyl (C=O) groups is 1. The third-order valence-electron chi connectivity index (χ3n) is 3.00. The molecule has 0 amide bonds. The molecule has 0 spiro atoms. The Balaban J connectivity index is 2.43. The molecule has 1 unspecified atom stereocenters. The van der Waals surface area contributed by atoms with Gasteiger partial charge in [-0.05, 0) is 20.5 Å². The van der Waals surface area contributed by atoms with Gasteiger partial charge in [0.2, 0.25) is 0 Å². The van der Waals surface area contributed by atoms with Gasteiger partial charge in [-0.25, -0.2) is 0 Å². The van der Waals surface area contributed by atoms with Gasteiger partial charge in [0.25, 0.3) is 0 Å². The van der Waals surface area contributed by atoms with Crippen molar-refractivity contribution in [3.63, 3.8) is 0 Å². The maximum Gasteiger partial charge on any atom is 0.151 e. The molecule has 0 radical (unpaired) electrons. The van der Waals surface area contributed by atoms with Crippen molar-refractivity contribution >= 4 is 5.78 Å². The topological polar surface area (TPSA) is 23.6 Å². The number of hydrogen-bond acceptors (Lipinski definition) is 3. The molecule has 1 atom stereocenters. The van der Waals surface area contributed by atoms with Crippen molar-refractivity contribution in [3.05, 3.63) is 0 Å². The Kier molecular flexibility index (Phi) is 4.55. The molecule has 1 aliphatic heterocycles. The molecule has 1 fully saturated rings. The van der Waals surface area contributed by atoms with Crippen LogP contribution < -0.4 is 0 Å². The van der Waals surface area contributed by atoms with E-state index >= 15 is 0 Å². The minimum Gasteiger partial charge on any atom is -0.303 e. The molecular weight excluding hydrogens is 176 g/mol. The molecule has 0 aromatic rings. The van der Waals surface area contributed by atoms with E-state index in [1.807, 2.05) is 0 Å². The highest BCUT2D eigenvalue weighted by atomic mass is 16.1. The summed E-state index contributed by atoms with van der Waals surface area (Å²) in [5.41, 5.74) is 0. The average molecular weight is 198 g/mol. The molecule has 0 aliphatic carbocycles. The maximum absolute atomic E-state index is 11.8. The number of ketones is 1. The van der Waals surface area contributed by atoms with Crippen LogP contribution in [0.1, 0.15) is 26.2 Å². The zero-order chi connectivity index (χ0) is 10.6. The van der Waals surface area contributed by atoms with Crippen LogP contribution in [0.4, 0.5) is 0 Å². The van der Waals surface area contributed by atoms with Gasteiger partial charge >= 0.3 is 0 Å². The first-order chi connectivity index (χ1) is 6.65. The van der Waals surface area contributed by atoms with Gasteiger partial charge in [0.15, 0.2) is 5.78 Å². The smallest absolute Gasteiger partial charge is 0.151 e. The van der Waals surface area contributed by atoms with E-state index in [0.717, 1.165) is 38.9 Å². The van der Waals surface area contributed by atoms with E-state index in [1.165, 1.54) is 0 Å². The van der Waals surface area contributed by atoms with Gasteiger partial charge in [-0.1, -0.05) is 13.3 Å². The summed E-state index contributed by atoms with van der Waals surface area (Å²) in [4.78, 5) is 16.3. The largest absolute Gasteiger partial charge is 0.303 e. The number of Topliss-reactive ketones (excluding diaryl/α,β-unsaturated/α-hetero) is 1. The molecule has 0 aromatic carbocycles. The highest BCUT2D eigenvalue weighted by Gasteiger charge is 2.27. The van der Waals surface area contributed by atoms with E-state index in [4.69, 9.17) is 0 Å². The Morgan fingerprint density at radius 1 is 1.36 bits per heavy atom. The number of likely N-dealkylation sites (N-methyl/N-ethyl adjacent to an activating group) is 2. The van der Waals surface area contributed by atoms with Gasteiger partial charge in [0, 0.05) is 26.1 Å². The monoisotopic (exact) mass is 198 g/mol. The Bertz CT molecular complexity index is 194. The van der Waals surface area contributed by atoms with Gasteiger partial charge in [0.1, 0.15) is 0 Å². The fourth-order valence-corrected chi connectivity index (χ4v) is 1.88. The molecule has 1 rings (SSSR count). The van der Waals surface area contributed by atoms with Gasteiger partial charge in [-0.2, -0.15) is 0 Å². The van der Waals surface area contributed by atoms with Crippen LogP contribution in [0.15, 0.2) is 0 Å². The lowest BCUT2D eigenvalue weighted by molar-refractivity contribution is -0.125. The summed E-state index contributed by atoms with van der Waals surface area (Å²) in [5.74, 6) is 0.418. The van der Waals surface area contributed by atoms with Crippen LogP contribution in [0.5, 0.6) is 0 Å². The highest BCUT2D eigenvalue weighted by Crippen LogP contribution is 2.10. The molecule has 3 nitrogen and oxygen atoms in total. The first-order valence-corrected chi connectivity index (χ1v) is 5.56. The number of nitrogens with zero attached hydrogens (tertiary/aromatic N) is 2. The predicted molar refractivity (Wildman–Crippen MR) is 58.4 cm³/mol. The van der Waals surface area contributed by atoms with Gasteiger partial charge in [0.05, 0.1) is 6.04 Å². The Morgan fingerprint density at radius 3 is 2.71 bits per heavy atom. The minimum absolute atomic E-state index is 0.139. The van der Waals surface area contributed by atoms with Crippen molar-refractivity contribution in [1.82, 2.24) is 9.80 Å². The molecule has 14 heavy (non-hydrogen) atoms. The molecule has 0 saturated carbocycles. The van der Waals surface area contributed by atoms with Crippen LogP contribution in [0, 0.1) is 0 Å². The van der Waals surface area contributed by atoms with E-state index in [-0.39, 0.29) is 6.04 Å². The summed E-state index contributed by atoms with van der Waals surface area (Å²) in [6.07, 6.45) is 2.89. The fourth-order valence-electron chi connectivity index (χ4n) is 1.88. The molecule has 82 valence electrons. The number of piperazine rings is 1. The quantitative estimate of drug-likeness (QED) is 0.673. The maximum atomic E-state index is 11.8. The van der Waals surface area contributed by atoms with Crippen molar-refractivity contribution in [3.8, 4) is 0 Å². The van der Waals surface area contributed by atoms with Crippen molar-refractivity contribution in [2.75, 3.05) is 33.7 Å². The summed E-state index contributed by atoms with van der Waals surface area (Å²) in [7, 11) is 4.15. The van der Waals surface area contributed by atoms with Crippen molar-refractivity contribution in [1.29, 1.82) is 0 Å². The molecule has 0 N–H and O–H groups in total. The SMILES string of the molecule is CCCCC(=O)C1CN(C)CCN1C. The lowest BCUT2D eigenvalue weighted by atomic mass is 10.0. The van der Waals surface area contributed by atoms with Gasteiger partial charge < -0.3 is 4.90 Å². The number of rotatable bonds is 4. The van der Waals surface area contributed by atoms with Crippen LogP contribution in [-0.2, 0) is 4.79 Å². The number of hydrogen-bond donors (Lipinski definition) is 0. The zero-order valence-corrected chi connectivity index (χ0v) is 9.62. The van der Waals surface area contributed by atoms with Crippen LogP contribution in [0.25, 0.3) is 0 Å². The van der Waals surface area contributed by atoms with Crippen LogP contribution in [0.2, 0.25) is 0 Å². The standard InChI is InChI=1S/C11H22N2O/c1-4-5-6-11(14)10-9-12(2)7-8-13(10)3/h10H,4-9H2,1-3H3. The van der Waals surface area contributed by atoms with Crippen molar-refractivity contribution in [2.45, 2.75) is 32.2 Å². The Morgan fingerprint density at radius 2 is 2.07 bits per heavy atom. The molecule has 0 bridgehead atoms. The number of unbranched alkanes of at least 4 members (excludes halogenated alkanes) is 1. The second-order valence-corrected chi connectivity index (χ2v) is 4.33. The van der Waals surface area contributed by atoms with E-state index in [2.05, 4.69) is 30.8 Å². The summed E-state index contributed by atoms with van der Waals surface area (Å²) in [5, 5.41) is 0. The minimum atomic E-state index is 0.139. The third kappa shape index (κ3) is 3.07.